The number of allylic oxidation sites excluding steroid dienone is 2. The van der Waals surface area contributed by atoms with Crippen molar-refractivity contribution in [3.63, 3.8) is 0 Å². The maximum atomic E-state index is 11.3. The van der Waals surface area contributed by atoms with Crippen LogP contribution < -0.4 is 11.1 Å². The number of nitrogens with one attached hydrogen (secondary N) is 1. The van der Waals surface area contributed by atoms with Crippen molar-refractivity contribution in [2.75, 3.05) is 6.54 Å². The van der Waals surface area contributed by atoms with Crippen LogP contribution in [0.25, 0.3) is 0 Å². The molecule has 2 rings (SSSR count). The molecule has 0 amide bonds. The van der Waals surface area contributed by atoms with Gasteiger partial charge in [0, 0.05) is 17.2 Å². The number of Topliss-reactive ketones (excluding diaryl/α,β-unsaturated/α-hetero) is 1. The standard InChI is InChI=1S/C11H14N2O/c1-7-4-8-2-3-9(11(14)6-12)5-10(8)13-7/h2-5,8,10,13H,6,12H2,1H3. The molecule has 3 nitrogen and oxygen atoms in total. The highest BCUT2D eigenvalue weighted by Crippen LogP contribution is 2.24. The summed E-state index contributed by atoms with van der Waals surface area (Å²) in [6.07, 6.45) is 8.05. The zero-order valence-corrected chi connectivity index (χ0v) is 8.16. The summed E-state index contributed by atoms with van der Waals surface area (Å²) in [6, 6.07) is 0.241. The van der Waals surface area contributed by atoms with Gasteiger partial charge in [-0.05, 0) is 6.92 Å². The molecule has 2 atom stereocenters. The number of carbonyl (C=O) groups excluding carboxylic acids is 1. The van der Waals surface area contributed by atoms with Crippen molar-refractivity contribution in [1.29, 1.82) is 0 Å². The molecular formula is C11H14N2O. The van der Waals surface area contributed by atoms with Gasteiger partial charge in [-0.1, -0.05) is 24.3 Å². The first-order valence-corrected chi connectivity index (χ1v) is 4.79. The van der Waals surface area contributed by atoms with E-state index in [1.165, 1.54) is 5.70 Å². The summed E-state index contributed by atoms with van der Waals surface area (Å²) in [5.74, 6) is 0.398. The molecule has 0 saturated heterocycles. The highest BCUT2D eigenvalue weighted by molar-refractivity contribution is 5.99. The van der Waals surface area contributed by atoms with Crippen LogP contribution in [-0.2, 0) is 4.79 Å². The van der Waals surface area contributed by atoms with E-state index in [0.717, 1.165) is 5.57 Å². The van der Waals surface area contributed by atoms with Gasteiger partial charge in [-0.3, -0.25) is 4.79 Å². The zero-order chi connectivity index (χ0) is 10.1. The molecule has 2 unspecified atom stereocenters. The minimum Gasteiger partial charge on any atom is -0.382 e. The van der Waals surface area contributed by atoms with Crippen LogP contribution in [0.2, 0.25) is 0 Å². The highest BCUT2D eigenvalue weighted by atomic mass is 16.1. The van der Waals surface area contributed by atoms with Crippen molar-refractivity contribution >= 4 is 5.78 Å². The van der Waals surface area contributed by atoms with E-state index in [4.69, 9.17) is 5.73 Å². The molecule has 1 heterocycles. The molecule has 74 valence electrons. The summed E-state index contributed by atoms with van der Waals surface area (Å²) in [6.45, 7) is 2.12. The second-order valence-corrected chi connectivity index (χ2v) is 3.71. The second kappa shape index (κ2) is 3.42. The van der Waals surface area contributed by atoms with Gasteiger partial charge in [0.15, 0.2) is 5.78 Å². The molecule has 1 aliphatic heterocycles. The van der Waals surface area contributed by atoms with Crippen molar-refractivity contribution in [2.24, 2.45) is 11.7 Å². The Kier molecular flexibility index (Phi) is 2.25. The molecule has 0 saturated carbocycles. The van der Waals surface area contributed by atoms with Gasteiger partial charge < -0.3 is 11.1 Å². The number of hydrogen-bond donors (Lipinski definition) is 2. The number of rotatable bonds is 2. The van der Waals surface area contributed by atoms with Crippen LogP contribution in [0, 0.1) is 5.92 Å². The summed E-state index contributed by atoms with van der Waals surface area (Å²) in [7, 11) is 0. The second-order valence-electron chi connectivity index (χ2n) is 3.71. The maximum Gasteiger partial charge on any atom is 0.176 e. The lowest BCUT2D eigenvalue weighted by Crippen LogP contribution is -2.29. The van der Waals surface area contributed by atoms with E-state index in [1.54, 1.807) is 0 Å². The predicted molar refractivity (Wildman–Crippen MR) is 55.5 cm³/mol. The van der Waals surface area contributed by atoms with Crippen molar-refractivity contribution in [1.82, 2.24) is 5.32 Å². The largest absolute Gasteiger partial charge is 0.382 e. The molecule has 0 radical (unpaired) electrons. The first kappa shape index (κ1) is 9.21. The van der Waals surface area contributed by atoms with Crippen LogP contribution in [0.3, 0.4) is 0 Å². The van der Waals surface area contributed by atoms with Gasteiger partial charge in [-0.25, -0.2) is 0 Å². The van der Waals surface area contributed by atoms with Crippen LogP contribution in [0.5, 0.6) is 0 Å². The smallest absolute Gasteiger partial charge is 0.176 e. The summed E-state index contributed by atoms with van der Waals surface area (Å²) in [5.41, 5.74) is 7.20. The topological polar surface area (TPSA) is 55.1 Å². The van der Waals surface area contributed by atoms with Gasteiger partial charge in [-0.2, -0.15) is 0 Å². The van der Waals surface area contributed by atoms with Crippen LogP contribution >= 0.6 is 0 Å². The Morgan fingerprint density at radius 2 is 2.36 bits per heavy atom. The molecule has 0 fully saturated rings. The van der Waals surface area contributed by atoms with Crippen LogP contribution in [-0.4, -0.2) is 18.4 Å². The Hall–Kier alpha value is -1.35. The molecule has 14 heavy (non-hydrogen) atoms. The summed E-state index contributed by atoms with van der Waals surface area (Å²) >= 11 is 0. The van der Waals surface area contributed by atoms with Crippen molar-refractivity contribution in [2.45, 2.75) is 13.0 Å². The summed E-state index contributed by atoms with van der Waals surface area (Å²) in [4.78, 5) is 11.3. The lowest BCUT2D eigenvalue weighted by Gasteiger charge is -2.18. The maximum absolute atomic E-state index is 11.3. The summed E-state index contributed by atoms with van der Waals surface area (Å²) in [5, 5.41) is 3.31. The lowest BCUT2D eigenvalue weighted by atomic mass is 9.92. The average Bonchev–Trinajstić information content (AvgIpc) is 2.55. The Morgan fingerprint density at radius 3 is 3.07 bits per heavy atom. The van der Waals surface area contributed by atoms with Gasteiger partial charge in [0.2, 0.25) is 0 Å². The Bertz CT molecular complexity index is 352. The van der Waals surface area contributed by atoms with E-state index in [0.29, 0.717) is 5.92 Å². The van der Waals surface area contributed by atoms with E-state index < -0.39 is 0 Å². The van der Waals surface area contributed by atoms with Gasteiger partial charge in [0.25, 0.3) is 0 Å². The van der Waals surface area contributed by atoms with Gasteiger partial charge in [0.1, 0.15) is 0 Å². The molecule has 1 aliphatic carbocycles. The molecule has 2 aliphatic rings. The van der Waals surface area contributed by atoms with E-state index in [1.807, 2.05) is 19.1 Å². The molecule has 3 N–H and O–H groups in total. The number of nitrogens with two attached hydrogens (primary N) is 1. The van der Waals surface area contributed by atoms with Crippen molar-refractivity contribution in [3.8, 4) is 0 Å². The molecule has 0 aromatic heterocycles. The third kappa shape index (κ3) is 1.51. The quantitative estimate of drug-likeness (QED) is 0.666. The fourth-order valence-electron chi connectivity index (χ4n) is 1.90. The highest BCUT2D eigenvalue weighted by Gasteiger charge is 2.25. The number of hydrogen-bond acceptors (Lipinski definition) is 3. The molecule has 0 aromatic rings. The predicted octanol–water partition coefficient (Wildman–Crippen LogP) is 0.502. The first-order chi connectivity index (χ1) is 6.70. The average molecular weight is 190 g/mol. The van der Waals surface area contributed by atoms with Gasteiger partial charge in [-0.15, -0.1) is 0 Å². The van der Waals surface area contributed by atoms with E-state index in [2.05, 4.69) is 17.5 Å². The summed E-state index contributed by atoms with van der Waals surface area (Å²) < 4.78 is 0. The van der Waals surface area contributed by atoms with Crippen molar-refractivity contribution in [3.05, 3.63) is 35.6 Å². The van der Waals surface area contributed by atoms with E-state index in [9.17, 15) is 4.79 Å². The molecular weight excluding hydrogens is 176 g/mol. The Balaban J connectivity index is 2.18. The zero-order valence-electron chi connectivity index (χ0n) is 8.16. The van der Waals surface area contributed by atoms with Crippen LogP contribution in [0.4, 0.5) is 0 Å². The van der Waals surface area contributed by atoms with E-state index >= 15 is 0 Å². The van der Waals surface area contributed by atoms with Gasteiger partial charge >= 0.3 is 0 Å². The van der Waals surface area contributed by atoms with E-state index in [-0.39, 0.29) is 18.4 Å². The first-order valence-electron chi connectivity index (χ1n) is 4.79. The number of ketones is 1. The van der Waals surface area contributed by atoms with Crippen LogP contribution in [0.15, 0.2) is 35.6 Å². The SMILES string of the molecule is CC1=CC2C=CC(C(=O)CN)=CC2N1. The fraction of sp³-hybridized carbons (Fsp3) is 0.364. The van der Waals surface area contributed by atoms with Crippen LogP contribution in [0.1, 0.15) is 6.92 Å². The Labute approximate surface area is 83.4 Å². The molecule has 3 heteroatoms. The number of fused-ring (bicyclic) bond motifs is 1. The minimum absolute atomic E-state index is 0.00560. The number of carbonyl (C=O) groups is 1. The third-order valence-electron chi connectivity index (χ3n) is 2.62. The third-order valence-corrected chi connectivity index (χ3v) is 2.62. The molecule has 0 aromatic carbocycles. The fourth-order valence-corrected chi connectivity index (χ4v) is 1.90. The normalized spacial score (nSPS) is 29.0. The monoisotopic (exact) mass is 190 g/mol. The molecule has 0 spiro atoms. The molecule has 0 bridgehead atoms. The van der Waals surface area contributed by atoms with Crippen molar-refractivity contribution < 1.29 is 4.79 Å². The van der Waals surface area contributed by atoms with Gasteiger partial charge in [0.05, 0.1) is 12.6 Å². The lowest BCUT2D eigenvalue weighted by molar-refractivity contribution is -0.114. The Morgan fingerprint density at radius 1 is 1.57 bits per heavy atom. The minimum atomic E-state index is 0.00560.